The molecule has 1 aliphatic rings. The van der Waals surface area contributed by atoms with E-state index in [4.69, 9.17) is 10.6 Å². The van der Waals surface area contributed by atoms with Crippen molar-refractivity contribution in [3.63, 3.8) is 0 Å². The molecule has 112 valence electrons. The number of hydrazine groups is 1. The lowest BCUT2D eigenvalue weighted by Crippen LogP contribution is -2.30. The van der Waals surface area contributed by atoms with Gasteiger partial charge in [0.1, 0.15) is 0 Å². The van der Waals surface area contributed by atoms with Crippen molar-refractivity contribution < 1.29 is 17.9 Å². The number of nitrogens with two attached hydrogens (primary N) is 1. The van der Waals surface area contributed by atoms with E-state index in [1.807, 2.05) is 0 Å². The molecule has 2 rings (SSSR count). The molecule has 20 heavy (non-hydrogen) atoms. The first-order chi connectivity index (χ1) is 9.41. The molecule has 1 heterocycles. The van der Waals surface area contributed by atoms with E-state index < -0.39 is 11.7 Å². The molecule has 0 amide bonds. The van der Waals surface area contributed by atoms with E-state index in [1.54, 1.807) is 6.92 Å². The normalized spacial score (nSPS) is 21.1. The van der Waals surface area contributed by atoms with Crippen LogP contribution in [0.1, 0.15) is 35.6 Å². The van der Waals surface area contributed by atoms with Crippen LogP contribution in [-0.2, 0) is 10.9 Å². The zero-order chi connectivity index (χ0) is 14.8. The number of nitrogens with one attached hydrogen (secondary N) is 1. The van der Waals surface area contributed by atoms with Gasteiger partial charge in [-0.05, 0) is 48.9 Å². The second kappa shape index (κ2) is 6.11. The van der Waals surface area contributed by atoms with Gasteiger partial charge in [-0.2, -0.15) is 13.2 Å². The molecule has 0 saturated carbocycles. The molecule has 0 bridgehead atoms. The Morgan fingerprint density at radius 1 is 1.45 bits per heavy atom. The summed E-state index contributed by atoms with van der Waals surface area (Å²) in [6, 6.07) is 3.64. The Morgan fingerprint density at radius 2 is 2.20 bits per heavy atom. The van der Waals surface area contributed by atoms with Gasteiger partial charge in [0.25, 0.3) is 0 Å². The zero-order valence-corrected chi connectivity index (χ0v) is 11.3. The van der Waals surface area contributed by atoms with Gasteiger partial charge in [0.05, 0.1) is 5.56 Å². The topological polar surface area (TPSA) is 47.3 Å². The molecule has 3 N–H and O–H groups in total. The molecule has 0 radical (unpaired) electrons. The first-order valence-corrected chi connectivity index (χ1v) is 6.63. The summed E-state index contributed by atoms with van der Waals surface area (Å²) in [5, 5.41) is 0. The van der Waals surface area contributed by atoms with Crippen LogP contribution in [0.3, 0.4) is 0 Å². The summed E-state index contributed by atoms with van der Waals surface area (Å²) in [4.78, 5) is 0. The minimum absolute atomic E-state index is 0.149. The third-order valence-electron chi connectivity index (χ3n) is 3.77. The van der Waals surface area contributed by atoms with Crippen LogP contribution in [0.25, 0.3) is 0 Å². The molecule has 0 aliphatic carbocycles. The summed E-state index contributed by atoms with van der Waals surface area (Å²) in [5.41, 5.74) is 3.49. The fourth-order valence-corrected chi connectivity index (χ4v) is 2.63. The highest BCUT2D eigenvalue weighted by molar-refractivity contribution is 5.34. The molecular weight excluding hydrogens is 269 g/mol. The predicted molar refractivity (Wildman–Crippen MR) is 69.8 cm³/mol. The number of rotatable bonds is 4. The number of benzene rings is 1. The van der Waals surface area contributed by atoms with Gasteiger partial charge in [0, 0.05) is 19.3 Å². The first-order valence-electron chi connectivity index (χ1n) is 6.63. The van der Waals surface area contributed by atoms with Gasteiger partial charge >= 0.3 is 6.18 Å². The Labute approximate surface area is 116 Å². The second-order valence-corrected chi connectivity index (χ2v) is 5.25. The third-order valence-corrected chi connectivity index (χ3v) is 3.77. The van der Waals surface area contributed by atoms with Crippen molar-refractivity contribution >= 4 is 0 Å². The molecule has 0 spiro atoms. The summed E-state index contributed by atoms with van der Waals surface area (Å²) >= 11 is 0. The maximum Gasteiger partial charge on any atom is 0.416 e. The van der Waals surface area contributed by atoms with Crippen molar-refractivity contribution in [2.75, 3.05) is 13.2 Å². The smallest absolute Gasteiger partial charge is 0.381 e. The third kappa shape index (κ3) is 3.50. The van der Waals surface area contributed by atoms with E-state index in [2.05, 4.69) is 5.43 Å². The Hall–Kier alpha value is -1.11. The monoisotopic (exact) mass is 288 g/mol. The molecule has 1 saturated heterocycles. The van der Waals surface area contributed by atoms with Gasteiger partial charge < -0.3 is 4.74 Å². The quantitative estimate of drug-likeness (QED) is 0.661. The van der Waals surface area contributed by atoms with E-state index >= 15 is 0 Å². The number of halogens is 3. The molecule has 0 aromatic heterocycles. The van der Waals surface area contributed by atoms with Crippen LogP contribution in [0.4, 0.5) is 13.2 Å². The van der Waals surface area contributed by atoms with Crippen molar-refractivity contribution in [1.29, 1.82) is 0 Å². The molecule has 2 atom stereocenters. The second-order valence-electron chi connectivity index (χ2n) is 5.25. The molecule has 1 aromatic rings. The van der Waals surface area contributed by atoms with E-state index in [9.17, 15) is 13.2 Å². The Kier molecular flexibility index (Phi) is 4.67. The minimum Gasteiger partial charge on any atom is -0.381 e. The Morgan fingerprint density at radius 3 is 2.70 bits per heavy atom. The number of ether oxygens (including phenoxy) is 1. The van der Waals surface area contributed by atoms with Crippen molar-refractivity contribution in [2.24, 2.45) is 11.8 Å². The van der Waals surface area contributed by atoms with Crippen LogP contribution in [0, 0.1) is 12.8 Å². The highest BCUT2D eigenvalue weighted by atomic mass is 19.4. The number of hydrogen-bond acceptors (Lipinski definition) is 3. The Balaban J connectivity index is 2.17. The molecular formula is C14H19F3N2O. The highest BCUT2D eigenvalue weighted by Gasteiger charge is 2.31. The van der Waals surface area contributed by atoms with Crippen molar-refractivity contribution in [1.82, 2.24) is 5.43 Å². The summed E-state index contributed by atoms with van der Waals surface area (Å²) in [7, 11) is 0. The molecule has 1 fully saturated rings. The summed E-state index contributed by atoms with van der Waals surface area (Å²) in [6.45, 7) is 3.12. The van der Waals surface area contributed by atoms with Crippen LogP contribution >= 0.6 is 0 Å². The zero-order valence-electron chi connectivity index (χ0n) is 11.3. The SMILES string of the molecule is Cc1cc(C(F)(F)F)ccc1C(CC1CCOC1)NN. The van der Waals surface area contributed by atoms with Crippen LogP contribution in [0.2, 0.25) is 0 Å². The molecule has 3 nitrogen and oxygen atoms in total. The van der Waals surface area contributed by atoms with Crippen molar-refractivity contribution in [2.45, 2.75) is 32.0 Å². The largest absolute Gasteiger partial charge is 0.416 e. The fraction of sp³-hybridized carbons (Fsp3) is 0.571. The van der Waals surface area contributed by atoms with Gasteiger partial charge in [-0.1, -0.05) is 6.07 Å². The molecule has 1 aliphatic heterocycles. The number of hydrogen-bond donors (Lipinski definition) is 2. The van der Waals surface area contributed by atoms with Gasteiger partial charge in [0.2, 0.25) is 0 Å². The minimum atomic E-state index is -4.31. The summed E-state index contributed by atoms with van der Waals surface area (Å²) in [5.74, 6) is 5.96. The van der Waals surface area contributed by atoms with E-state index in [0.717, 1.165) is 31.1 Å². The van der Waals surface area contributed by atoms with Gasteiger partial charge in [-0.15, -0.1) is 0 Å². The summed E-state index contributed by atoms with van der Waals surface area (Å²) in [6.07, 6.45) is -2.57. The van der Waals surface area contributed by atoms with Crippen molar-refractivity contribution in [3.05, 3.63) is 34.9 Å². The number of alkyl halides is 3. The maximum atomic E-state index is 12.7. The summed E-state index contributed by atoms with van der Waals surface area (Å²) < 4.78 is 43.3. The lowest BCUT2D eigenvalue weighted by molar-refractivity contribution is -0.137. The standard InChI is InChI=1S/C14H19F3N2O/c1-9-6-11(14(15,16)17)2-3-12(9)13(19-18)7-10-4-5-20-8-10/h2-3,6,10,13,19H,4-5,7-8,18H2,1H3. The van der Waals surface area contributed by atoms with Crippen LogP contribution in [0.5, 0.6) is 0 Å². The molecule has 2 unspecified atom stereocenters. The van der Waals surface area contributed by atoms with E-state index in [1.165, 1.54) is 12.1 Å². The van der Waals surface area contributed by atoms with Crippen LogP contribution < -0.4 is 11.3 Å². The van der Waals surface area contributed by atoms with Gasteiger partial charge in [-0.25, -0.2) is 0 Å². The Bertz CT molecular complexity index is 456. The van der Waals surface area contributed by atoms with Gasteiger partial charge in [0.15, 0.2) is 0 Å². The fourth-order valence-electron chi connectivity index (χ4n) is 2.63. The van der Waals surface area contributed by atoms with Gasteiger partial charge in [-0.3, -0.25) is 11.3 Å². The predicted octanol–water partition coefficient (Wildman–Crippen LogP) is 2.94. The average molecular weight is 288 g/mol. The van der Waals surface area contributed by atoms with Crippen LogP contribution in [-0.4, -0.2) is 13.2 Å². The van der Waals surface area contributed by atoms with Crippen molar-refractivity contribution in [3.8, 4) is 0 Å². The molecule has 1 aromatic carbocycles. The highest BCUT2D eigenvalue weighted by Crippen LogP contribution is 2.33. The maximum absolute atomic E-state index is 12.7. The lowest BCUT2D eigenvalue weighted by atomic mass is 9.91. The van der Waals surface area contributed by atoms with E-state index in [-0.39, 0.29) is 6.04 Å². The number of aryl methyl sites for hydroxylation is 1. The van der Waals surface area contributed by atoms with Crippen LogP contribution in [0.15, 0.2) is 18.2 Å². The lowest BCUT2D eigenvalue weighted by Gasteiger charge is -2.22. The first kappa shape index (κ1) is 15.3. The average Bonchev–Trinajstić information content (AvgIpc) is 2.88. The van der Waals surface area contributed by atoms with E-state index in [0.29, 0.717) is 18.1 Å². The molecule has 6 heteroatoms.